The molecule has 0 saturated heterocycles. The Kier molecular flexibility index (Phi) is 6.09. The predicted molar refractivity (Wildman–Crippen MR) is 95.3 cm³/mol. The number of anilines is 1. The summed E-state index contributed by atoms with van der Waals surface area (Å²) < 4.78 is 13.8. The molecule has 24 heavy (non-hydrogen) atoms. The van der Waals surface area contributed by atoms with Crippen molar-refractivity contribution in [2.24, 2.45) is 5.92 Å². The van der Waals surface area contributed by atoms with Gasteiger partial charge in [-0.25, -0.2) is 4.39 Å². The van der Waals surface area contributed by atoms with Crippen molar-refractivity contribution < 1.29 is 14.0 Å². The topological polar surface area (TPSA) is 58.2 Å². The molecular formula is C18H18BrFN2O2. The Hall–Kier alpha value is -2.21. The minimum Gasteiger partial charge on any atom is -0.340 e. The first-order chi connectivity index (χ1) is 11.4. The van der Waals surface area contributed by atoms with Crippen LogP contribution in [0.25, 0.3) is 0 Å². The fourth-order valence-electron chi connectivity index (χ4n) is 2.15. The molecule has 6 heteroatoms. The molecule has 0 aliphatic heterocycles. The molecule has 2 aromatic rings. The zero-order chi connectivity index (χ0) is 17.7. The van der Waals surface area contributed by atoms with E-state index in [1.807, 2.05) is 19.9 Å². The van der Waals surface area contributed by atoms with Gasteiger partial charge in [0.1, 0.15) is 11.9 Å². The Morgan fingerprint density at radius 2 is 1.75 bits per heavy atom. The quantitative estimate of drug-likeness (QED) is 0.808. The molecule has 2 rings (SSSR count). The van der Waals surface area contributed by atoms with Crippen LogP contribution in [-0.2, 0) is 4.79 Å². The Balaban J connectivity index is 2.09. The third-order valence-electron chi connectivity index (χ3n) is 3.43. The lowest BCUT2D eigenvalue weighted by Gasteiger charge is -2.22. The van der Waals surface area contributed by atoms with E-state index in [1.165, 1.54) is 24.3 Å². The fraction of sp³-hybridized carbons (Fsp3) is 0.222. The van der Waals surface area contributed by atoms with Gasteiger partial charge in [0.15, 0.2) is 0 Å². The molecule has 0 aliphatic rings. The van der Waals surface area contributed by atoms with E-state index < -0.39 is 17.8 Å². The van der Waals surface area contributed by atoms with Crippen molar-refractivity contribution >= 4 is 33.4 Å². The average Bonchev–Trinajstić information content (AvgIpc) is 2.52. The van der Waals surface area contributed by atoms with Gasteiger partial charge in [-0.15, -0.1) is 0 Å². The van der Waals surface area contributed by atoms with Gasteiger partial charge in [0.25, 0.3) is 5.91 Å². The minimum absolute atomic E-state index is 0.110. The van der Waals surface area contributed by atoms with Gasteiger partial charge in [0.05, 0.1) is 0 Å². The van der Waals surface area contributed by atoms with E-state index in [-0.39, 0.29) is 11.8 Å². The maximum atomic E-state index is 12.9. The molecule has 0 spiro atoms. The van der Waals surface area contributed by atoms with E-state index in [0.717, 1.165) is 4.47 Å². The van der Waals surface area contributed by atoms with Gasteiger partial charge in [-0.3, -0.25) is 9.59 Å². The summed E-state index contributed by atoms with van der Waals surface area (Å²) in [6, 6.07) is 11.7. The van der Waals surface area contributed by atoms with Gasteiger partial charge in [-0.1, -0.05) is 35.8 Å². The highest BCUT2D eigenvalue weighted by Crippen LogP contribution is 2.16. The second-order valence-electron chi connectivity index (χ2n) is 5.70. The molecule has 0 heterocycles. The van der Waals surface area contributed by atoms with Crippen molar-refractivity contribution in [2.75, 3.05) is 5.32 Å². The lowest BCUT2D eigenvalue weighted by Crippen LogP contribution is -2.47. The number of benzene rings is 2. The van der Waals surface area contributed by atoms with Crippen molar-refractivity contribution in [3.63, 3.8) is 0 Å². The molecular weight excluding hydrogens is 375 g/mol. The van der Waals surface area contributed by atoms with E-state index >= 15 is 0 Å². The Bertz CT molecular complexity index is 732. The molecule has 1 unspecified atom stereocenters. The first-order valence-electron chi connectivity index (χ1n) is 7.49. The van der Waals surface area contributed by atoms with Crippen LogP contribution in [0.3, 0.4) is 0 Å². The van der Waals surface area contributed by atoms with E-state index in [4.69, 9.17) is 0 Å². The molecule has 2 amide bonds. The molecule has 1 atom stereocenters. The maximum Gasteiger partial charge on any atom is 0.251 e. The van der Waals surface area contributed by atoms with E-state index in [2.05, 4.69) is 26.6 Å². The summed E-state index contributed by atoms with van der Waals surface area (Å²) >= 11 is 3.34. The van der Waals surface area contributed by atoms with Crippen molar-refractivity contribution in [1.29, 1.82) is 0 Å². The molecule has 126 valence electrons. The zero-order valence-electron chi connectivity index (χ0n) is 13.3. The van der Waals surface area contributed by atoms with Crippen molar-refractivity contribution in [2.45, 2.75) is 19.9 Å². The number of rotatable bonds is 5. The third-order valence-corrected chi connectivity index (χ3v) is 3.93. The second kappa shape index (κ2) is 8.06. The summed E-state index contributed by atoms with van der Waals surface area (Å²) in [6.45, 7) is 3.69. The Morgan fingerprint density at radius 3 is 2.33 bits per heavy atom. The normalized spacial score (nSPS) is 11.9. The molecule has 0 bridgehead atoms. The monoisotopic (exact) mass is 392 g/mol. The average molecular weight is 393 g/mol. The van der Waals surface area contributed by atoms with Crippen LogP contribution in [0.2, 0.25) is 0 Å². The maximum absolute atomic E-state index is 12.9. The first kappa shape index (κ1) is 18.1. The highest BCUT2D eigenvalue weighted by molar-refractivity contribution is 9.10. The van der Waals surface area contributed by atoms with Gasteiger partial charge < -0.3 is 10.6 Å². The smallest absolute Gasteiger partial charge is 0.251 e. The highest BCUT2D eigenvalue weighted by Gasteiger charge is 2.24. The molecule has 0 aliphatic carbocycles. The number of hydrogen-bond donors (Lipinski definition) is 2. The number of amides is 2. The standard InChI is InChI=1S/C18H18BrFN2O2/c1-11(2)16(18(24)21-15-5-3-4-13(19)10-15)22-17(23)12-6-8-14(20)9-7-12/h3-11,16H,1-2H3,(H,21,24)(H,22,23). The fourth-order valence-corrected chi connectivity index (χ4v) is 2.55. The first-order valence-corrected chi connectivity index (χ1v) is 8.29. The largest absolute Gasteiger partial charge is 0.340 e. The minimum atomic E-state index is -0.707. The lowest BCUT2D eigenvalue weighted by molar-refractivity contribution is -0.118. The molecule has 2 aromatic carbocycles. The summed E-state index contributed by atoms with van der Waals surface area (Å²) in [5, 5.41) is 5.49. The van der Waals surface area contributed by atoms with Crippen LogP contribution in [0.5, 0.6) is 0 Å². The molecule has 4 nitrogen and oxygen atoms in total. The third kappa shape index (κ3) is 4.89. The number of carbonyl (C=O) groups is 2. The van der Waals surface area contributed by atoms with Crippen LogP contribution in [0.4, 0.5) is 10.1 Å². The summed E-state index contributed by atoms with van der Waals surface area (Å²) in [7, 11) is 0. The van der Waals surface area contributed by atoms with Gasteiger partial charge in [0, 0.05) is 15.7 Å². The van der Waals surface area contributed by atoms with E-state index in [0.29, 0.717) is 11.3 Å². The summed E-state index contributed by atoms with van der Waals surface area (Å²) in [5.41, 5.74) is 0.938. The van der Waals surface area contributed by atoms with Gasteiger partial charge in [0.2, 0.25) is 5.91 Å². The summed E-state index contributed by atoms with van der Waals surface area (Å²) in [6.07, 6.45) is 0. The number of halogens is 2. The lowest BCUT2D eigenvalue weighted by atomic mass is 10.0. The molecule has 0 fully saturated rings. The van der Waals surface area contributed by atoms with Crippen LogP contribution < -0.4 is 10.6 Å². The van der Waals surface area contributed by atoms with E-state index in [9.17, 15) is 14.0 Å². The van der Waals surface area contributed by atoms with Gasteiger partial charge >= 0.3 is 0 Å². The Labute approximate surface area is 148 Å². The van der Waals surface area contributed by atoms with Crippen molar-refractivity contribution in [3.05, 3.63) is 64.4 Å². The molecule has 2 N–H and O–H groups in total. The molecule has 0 aromatic heterocycles. The van der Waals surface area contributed by atoms with Crippen LogP contribution in [0, 0.1) is 11.7 Å². The van der Waals surface area contributed by atoms with Gasteiger partial charge in [-0.2, -0.15) is 0 Å². The van der Waals surface area contributed by atoms with Crippen molar-refractivity contribution in [3.8, 4) is 0 Å². The number of carbonyl (C=O) groups excluding carboxylic acids is 2. The van der Waals surface area contributed by atoms with Crippen LogP contribution in [0.1, 0.15) is 24.2 Å². The SMILES string of the molecule is CC(C)C(NC(=O)c1ccc(F)cc1)C(=O)Nc1cccc(Br)c1. The van der Waals surface area contributed by atoms with Crippen LogP contribution in [0.15, 0.2) is 53.0 Å². The molecule has 0 radical (unpaired) electrons. The number of nitrogens with one attached hydrogen (secondary N) is 2. The van der Waals surface area contributed by atoms with Crippen LogP contribution in [-0.4, -0.2) is 17.9 Å². The highest BCUT2D eigenvalue weighted by atomic mass is 79.9. The zero-order valence-corrected chi connectivity index (χ0v) is 14.9. The predicted octanol–water partition coefficient (Wildman–Crippen LogP) is 3.98. The summed E-state index contributed by atoms with van der Waals surface area (Å²) in [5.74, 6) is -1.25. The van der Waals surface area contributed by atoms with Crippen molar-refractivity contribution in [1.82, 2.24) is 5.32 Å². The summed E-state index contributed by atoms with van der Waals surface area (Å²) in [4.78, 5) is 24.7. The van der Waals surface area contributed by atoms with Crippen LogP contribution >= 0.6 is 15.9 Å². The van der Waals surface area contributed by atoms with Gasteiger partial charge in [-0.05, 0) is 48.4 Å². The van der Waals surface area contributed by atoms with E-state index in [1.54, 1.807) is 18.2 Å². The number of hydrogen-bond acceptors (Lipinski definition) is 2. The molecule has 0 saturated carbocycles. The Morgan fingerprint density at radius 1 is 1.08 bits per heavy atom. The second-order valence-corrected chi connectivity index (χ2v) is 6.62.